The second-order valence-corrected chi connectivity index (χ2v) is 7.51. The summed E-state index contributed by atoms with van der Waals surface area (Å²) in [6, 6.07) is 11.8. The molecule has 1 N–H and O–H groups in total. The van der Waals surface area contributed by atoms with Gasteiger partial charge in [-0.3, -0.25) is 9.78 Å². The normalized spacial score (nSPS) is 17.4. The van der Waals surface area contributed by atoms with E-state index in [1.54, 1.807) is 24.2 Å². The molecule has 1 saturated heterocycles. The molecule has 1 aliphatic rings. The first kappa shape index (κ1) is 19.4. The van der Waals surface area contributed by atoms with Gasteiger partial charge in [0.05, 0.1) is 0 Å². The number of nitrogens with zero attached hydrogens (tertiary/aromatic N) is 2. The van der Waals surface area contributed by atoms with Crippen LogP contribution in [0, 0.1) is 6.92 Å². The Morgan fingerprint density at radius 3 is 2.63 bits per heavy atom. The van der Waals surface area contributed by atoms with Gasteiger partial charge in [-0.2, -0.15) is 0 Å². The van der Waals surface area contributed by atoms with Crippen molar-refractivity contribution >= 4 is 5.91 Å². The molecule has 0 bridgehead atoms. The molecule has 5 nitrogen and oxygen atoms in total. The Morgan fingerprint density at radius 2 is 1.96 bits per heavy atom. The Hall–Kier alpha value is -2.40. The van der Waals surface area contributed by atoms with E-state index < -0.39 is 5.60 Å². The lowest BCUT2D eigenvalue weighted by Crippen LogP contribution is -2.51. The summed E-state index contributed by atoms with van der Waals surface area (Å²) in [5, 5.41) is 10.7. The van der Waals surface area contributed by atoms with E-state index >= 15 is 0 Å². The zero-order chi connectivity index (χ0) is 19.3. The number of benzene rings is 1. The number of likely N-dealkylation sites (tertiary alicyclic amines) is 1. The molecule has 1 aliphatic heterocycles. The number of aromatic nitrogens is 1. The summed E-state index contributed by atoms with van der Waals surface area (Å²) in [5.74, 6) is 0.668. The molecule has 0 spiro atoms. The second-order valence-electron chi connectivity index (χ2n) is 7.51. The van der Waals surface area contributed by atoms with Crippen LogP contribution in [-0.2, 0) is 11.2 Å². The van der Waals surface area contributed by atoms with E-state index in [9.17, 15) is 9.90 Å². The first-order valence-electron chi connectivity index (χ1n) is 9.58. The predicted molar refractivity (Wildman–Crippen MR) is 105 cm³/mol. The molecular formula is C22H28N2O3. The van der Waals surface area contributed by atoms with Crippen molar-refractivity contribution in [3.05, 3.63) is 59.9 Å². The zero-order valence-electron chi connectivity index (χ0n) is 16.1. The van der Waals surface area contributed by atoms with Gasteiger partial charge in [0.25, 0.3) is 5.91 Å². The van der Waals surface area contributed by atoms with Gasteiger partial charge in [0, 0.05) is 43.9 Å². The van der Waals surface area contributed by atoms with Gasteiger partial charge < -0.3 is 14.7 Å². The Kier molecular flexibility index (Phi) is 6.11. The van der Waals surface area contributed by atoms with Crippen molar-refractivity contribution in [1.29, 1.82) is 0 Å². The van der Waals surface area contributed by atoms with Gasteiger partial charge in [-0.1, -0.05) is 30.3 Å². The molecule has 1 amide bonds. The molecule has 0 radical (unpaired) electrons. The Labute approximate surface area is 161 Å². The zero-order valence-corrected chi connectivity index (χ0v) is 16.1. The smallest absolute Gasteiger partial charge is 0.254 e. The summed E-state index contributed by atoms with van der Waals surface area (Å²) in [6.07, 6.45) is 6.24. The van der Waals surface area contributed by atoms with E-state index in [1.807, 2.05) is 43.3 Å². The summed E-state index contributed by atoms with van der Waals surface area (Å²) >= 11 is 0. The topological polar surface area (TPSA) is 62.7 Å². The summed E-state index contributed by atoms with van der Waals surface area (Å²) < 4.78 is 6.06. The fraction of sp³-hybridized carbons (Fsp3) is 0.455. The number of piperidine rings is 1. The van der Waals surface area contributed by atoms with Crippen molar-refractivity contribution in [3.8, 4) is 5.75 Å². The summed E-state index contributed by atoms with van der Waals surface area (Å²) in [4.78, 5) is 18.6. The Balaban J connectivity index is 1.50. The molecule has 2 aromatic rings. The Bertz CT molecular complexity index is 753. The second kappa shape index (κ2) is 8.53. The average Bonchev–Trinajstić information content (AvgIpc) is 2.69. The summed E-state index contributed by atoms with van der Waals surface area (Å²) in [6.45, 7) is 4.82. The molecule has 27 heavy (non-hydrogen) atoms. The van der Waals surface area contributed by atoms with Gasteiger partial charge in [-0.05, 0) is 38.3 Å². The quantitative estimate of drug-likeness (QED) is 0.851. The van der Waals surface area contributed by atoms with E-state index in [0.717, 1.165) is 29.7 Å². The van der Waals surface area contributed by atoms with E-state index in [0.29, 0.717) is 25.9 Å². The van der Waals surface area contributed by atoms with E-state index in [4.69, 9.17) is 4.74 Å². The van der Waals surface area contributed by atoms with Crippen LogP contribution in [0.3, 0.4) is 0 Å². The fourth-order valence-electron chi connectivity index (χ4n) is 3.43. The van der Waals surface area contributed by atoms with Crippen molar-refractivity contribution in [1.82, 2.24) is 9.88 Å². The molecule has 1 aromatic carbocycles. The molecule has 2 heterocycles. The molecule has 5 heteroatoms. The minimum atomic E-state index is -1.34. The van der Waals surface area contributed by atoms with Crippen molar-refractivity contribution in [3.63, 3.8) is 0 Å². The number of rotatable bonds is 6. The van der Waals surface area contributed by atoms with Crippen LogP contribution in [0.4, 0.5) is 0 Å². The minimum absolute atomic E-state index is 0.0874. The number of hydrogen-bond acceptors (Lipinski definition) is 4. The average molecular weight is 368 g/mol. The van der Waals surface area contributed by atoms with Crippen LogP contribution < -0.4 is 4.74 Å². The molecule has 144 valence electrons. The van der Waals surface area contributed by atoms with Crippen LogP contribution in [-0.4, -0.2) is 45.7 Å². The van der Waals surface area contributed by atoms with E-state index in [-0.39, 0.29) is 12.0 Å². The molecule has 0 saturated carbocycles. The third-order valence-electron chi connectivity index (χ3n) is 5.20. The SMILES string of the molecule is Cc1cnccc1OC1CCN(C(=O)C(C)(O)CCc2ccccc2)CC1. The van der Waals surface area contributed by atoms with Crippen LogP contribution in [0.25, 0.3) is 0 Å². The van der Waals surface area contributed by atoms with Crippen LogP contribution in [0.2, 0.25) is 0 Å². The highest BCUT2D eigenvalue weighted by Crippen LogP contribution is 2.24. The molecule has 1 unspecified atom stereocenters. The summed E-state index contributed by atoms with van der Waals surface area (Å²) in [5.41, 5.74) is 0.802. The van der Waals surface area contributed by atoms with Crippen molar-refractivity contribution in [2.45, 2.75) is 51.2 Å². The number of aliphatic hydroxyl groups is 1. The highest BCUT2D eigenvalue weighted by atomic mass is 16.5. The van der Waals surface area contributed by atoms with Gasteiger partial charge >= 0.3 is 0 Å². The van der Waals surface area contributed by atoms with Crippen LogP contribution >= 0.6 is 0 Å². The molecule has 1 aromatic heterocycles. The minimum Gasteiger partial charge on any atom is -0.490 e. The number of hydrogen-bond donors (Lipinski definition) is 1. The van der Waals surface area contributed by atoms with E-state index in [2.05, 4.69) is 4.98 Å². The number of aryl methyl sites for hydroxylation is 2. The van der Waals surface area contributed by atoms with Crippen LogP contribution in [0.5, 0.6) is 5.75 Å². The van der Waals surface area contributed by atoms with Gasteiger partial charge in [0.15, 0.2) is 0 Å². The number of carbonyl (C=O) groups excluding carboxylic acids is 1. The maximum atomic E-state index is 12.8. The third kappa shape index (κ3) is 5.07. The first-order valence-corrected chi connectivity index (χ1v) is 9.58. The van der Waals surface area contributed by atoms with E-state index in [1.165, 1.54) is 0 Å². The van der Waals surface area contributed by atoms with Crippen molar-refractivity contribution in [2.75, 3.05) is 13.1 Å². The Morgan fingerprint density at radius 1 is 1.26 bits per heavy atom. The molecule has 1 atom stereocenters. The highest BCUT2D eigenvalue weighted by Gasteiger charge is 2.36. The van der Waals surface area contributed by atoms with Gasteiger partial charge in [-0.15, -0.1) is 0 Å². The fourth-order valence-corrected chi connectivity index (χ4v) is 3.43. The predicted octanol–water partition coefficient (Wildman–Crippen LogP) is 3.14. The molecule has 0 aliphatic carbocycles. The molecular weight excluding hydrogens is 340 g/mol. The third-order valence-corrected chi connectivity index (χ3v) is 5.20. The molecule has 3 rings (SSSR count). The monoisotopic (exact) mass is 368 g/mol. The van der Waals surface area contributed by atoms with Crippen molar-refractivity contribution in [2.24, 2.45) is 0 Å². The lowest BCUT2D eigenvalue weighted by molar-refractivity contribution is -0.152. The highest BCUT2D eigenvalue weighted by molar-refractivity contribution is 5.84. The van der Waals surface area contributed by atoms with Crippen LogP contribution in [0.1, 0.15) is 37.3 Å². The van der Waals surface area contributed by atoms with Gasteiger partial charge in [0.1, 0.15) is 17.5 Å². The van der Waals surface area contributed by atoms with Crippen LogP contribution in [0.15, 0.2) is 48.8 Å². The van der Waals surface area contributed by atoms with Gasteiger partial charge in [0.2, 0.25) is 0 Å². The standard InChI is InChI=1S/C22H28N2O3/c1-17-16-23-13-9-20(17)27-19-10-14-24(15-11-19)21(25)22(2,26)12-8-18-6-4-3-5-7-18/h3-7,9,13,16,19,26H,8,10-12,14-15H2,1-2H3. The summed E-state index contributed by atoms with van der Waals surface area (Å²) in [7, 11) is 0. The first-order chi connectivity index (χ1) is 13.0. The number of carbonyl (C=O) groups is 1. The largest absolute Gasteiger partial charge is 0.490 e. The maximum Gasteiger partial charge on any atom is 0.254 e. The van der Waals surface area contributed by atoms with Crippen molar-refractivity contribution < 1.29 is 14.6 Å². The van der Waals surface area contributed by atoms with Gasteiger partial charge in [-0.25, -0.2) is 0 Å². The molecule has 1 fully saturated rings. The lowest BCUT2D eigenvalue weighted by atomic mass is 9.94. The maximum absolute atomic E-state index is 12.8. The lowest BCUT2D eigenvalue weighted by Gasteiger charge is -2.36. The number of pyridine rings is 1. The number of ether oxygens (including phenoxy) is 1. The number of amides is 1.